The number of carbonyl (C=O) groups is 1. The van der Waals surface area contributed by atoms with Crippen molar-refractivity contribution < 1.29 is 14.3 Å². The summed E-state index contributed by atoms with van der Waals surface area (Å²) in [6, 6.07) is 17.0. The molecule has 0 radical (unpaired) electrons. The highest BCUT2D eigenvalue weighted by Gasteiger charge is 2.19. The van der Waals surface area contributed by atoms with E-state index in [1.165, 1.54) is 7.11 Å². The third-order valence-corrected chi connectivity index (χ3v) is 3.20. The van der Waals surface area contributed by atoms with E-state index in [0.717, 1.165) is 16.9 Å². The highest BCUT2D eigenvalue weighted by atomic mass is 16.5. The Balaban J connectivity index is 1.96. The lowest BCUT2D eigenvalue weighted by molar-refractivity contribution is -0.131. The van der Waals surface area contributed by atoms with Crippen molar-refractivity contribution in [2.45, 2.75) is 12.6 Å². The van der Waals surface area contributed by atoms with Gasteiger partial charge in [-0.2, -0.15) is 0 Å². The van der Waals surface area contributed by atoms with Crippen molar-refractivity contribution in [2.24, 2.45) is 0 Å². The van der Waals surface area contributed by atoms with Crippen LogP contribution in [-0.4, -0.2) is 20.1 Å². The van der Waals surface area contributed by atoms with Gasteiger partial charge in [-0.15, -0.1) is 0 Å². The fourth-order valence-electron chi connectivity index (χ4n) is 2.05. The van der Waals surface area contributed by atoms with E-state index >= 15 is 0 Å². The number of carbonyl (C=O) groups excluding carboxylic acids is 1. The molecule has 0 aliphatic rings. The van der Waals surface area contributed by atoms with Crippen molar-refractivity contribution >= 4 is 5.91 Å². The summed E-state index contributed by atoms with van der Waals surface area (Å²) in [5.74, 6) is 0.642. The van der Waals surface area contributed by atoms with Crippen molar-refractivity contribution in [2.75, 3.05) is 14.2 Å². The van der Waals surface area contributed by atoms with Crippen molar-refractivity contribution in [3.63, 3.8) is 0 Å². The molecule has 4 heteroatoms. The van der Waals surface area contributed by atoms with Gasteiger partial charge in [0.2, 0.25) is 0 Å². The number of hydrogen-bond acceptors (Lipinski definition) is 3. The van der Waals surface area contributed by atoms with Gasteiger partial charge in [0, 0.05) is 13.7 Å². The van der Waals surface area contributed by atoms with E-state index < -0.39 is 6.10 Å². The van der Waals surface area contributed by atoms with Gasteiger partial charge < -0.3 is 14.8 Å². The maximum atomic E-state index is 12.2. The summed E-state index contributed by atoms with van der Waals surface area (Å²) in [6.45, 7) is 0.454. The van der Waals surface area contributed by atoms with Gasteiger partial charge in [0.05, 0.1) is 7.11 Å². The van der Waals surface area contributed by atoms with E-state index in [1.54, 1.807) is 7.11 Å². The summed E-state index contributed by atoms with van der Waals surface area (Å²) in [7, 11) is 3.16. The molecule has 0 saturated carbocycles. The number of benzene rings is 2. The molecule has 1 atom stereocenters. The molecule has 0 saturated heterocycles. The fraction of sp³-hybridized carbons (Fsp3) is 0.235. The number of methoxy groups -OCH3 is 2. The number of hydrogen-bond donors (Lipinski definition) is 1. The highest BCUT2D eigenvalue weighted by Crippen LogP contribution is 2.17. The summed E-state index contributed by atoms with van der Waals surface area (Å²) < 4.78 is 10.4. The van der Waals surface area contributed by atoms with Gasteiger partial charge >= 0.3 is 0 Å². The van der Waals surface area contributed by atoms with Gasteiger partial charge in [-0.05, 0) is 23.3 Å². The maximum Gasteiger partial charge on any atom is 0.254 e. The Bertz CT molecular complexity index is 566. The number of amides is 1. The largest absolute Gasteiger partial charge is 0.497 e. The molecule has 2 aromatic rings. The van der Waals surface area contributed by atoms with Crippen molar-refractivity contribution in [1.82, 2.24) is 5.32 Å². The Labute approximate surface area is 124 Å². The number of rotatable bonds is 6. The van der Waals surface area contributed by atoms with Gasteiger partial charge in [0.1, 0.15) is 5.75 Å². The van der Waals surface area contributed by atoms with Crippen LogP contribution in [0, 0.1) is 0 Å². The second kappa shape index (κ2) is 7.45. The van der Waals surface area contributed by atoms with Crippen molar-refractivity contribution in [1.29, 1.82) is 0 Å². The second-order valence-corrected chi connectivity index (χ2v) is 4.59. The third-order valence-electron chi connectivity index (χ3n) is 3.20. The van der Waals surface area contributed by atoms with Gasteiger partial charge in [-0.25, -0.2) is 0 Å². The minimum absolute atomic E-state index is 0.153. The molecule has 110 valence electrons. The average molecular weight is 285 g/mol. The van der Waals surface area contributed by atoms with Crippen LogP contribution < -0.4 is 10.1 Å². The normalized spacial score (nSPS) is 11.7. The van der Waals surface area contributed by atoms with Crippen LogP contribution in [0.15, 0.2) is 54.6 Å². The second-order valence-electron chi connectivity index (χ2n) is 4.59. The van der Waals surface area contributed by atoms with Gasteiger partial charge in [0.25, 0.3) is 5.91 Å². The zero-order valence-electron chi connectivity index (χ0n) is 12.2. The van der Waals surface area contributed by atoms with Crippen molar-refractivity contribution in [3.05, 3.63) is 65.7 Å². The molecule has 2 rings (SSSR count). The Morgan fingerprint density at radius 1 is 1.05 bits per heavy atom. The summed E-state index contributed by atoms with van der Waals surface area (Å²) in [5.41, 5.74) is 1.85. The molecule has 0 bridgehead atoms. The van der Waals surface area contributed by atoms with Crippen LogP contribution in [0.4, 0.5) is 0 Å². The summed E-state index contributed by atoms with van der Waals surface area (Å²) in [5, 5.41) is 2.88. The molecular weight excluding hydrogens is 266 g/mol. The molecule has 0 heterocycles. The Morgan fingerprint density at radius 3 is 2.29 bits per heavy atom. The van der Waals surface area contributed by atoms with E-state index in [4.69, 9.17) is 9.47 Å². The van der Waals surface area contributed by atoms with Crippen LogP contribution in [-0.2, 0) is 16.1 Å². The lowest BCUT2D eigenvalue weighted by Gasteiger charge is -2.15. The molecule has 1 amide bonds. The lowest BCUT2D eigenvalue weighted by Crippen LogP contribution is -2.29. The zero-order chi connectivity index (χ0) is 15.1. The smallest absolute Gasteiger partial charge is 0.254 e. The quantitative estimate of drug-likeness (QED) is 0.887. The van der Waals surface area contributed by atoms with Crippen LogP contribution in [0.25, 0.3) is 0 Å². The van der Waals surface area contributed by atoms with Gasteiger partial charge in [0.15, 0.2) is 6.10 Å². The van der Waals surface area contributed by atoms with E-state index in [9.17, 15) is 4.79 Å². The number of ether oxygens (including phenoxy) is 2. The molecule has 0 aliphatic heterocycles. The molecule has 1 N–H and O–H groups in total. The molecule has 0 aromatic heterocycles. The predicted octanol–water partition coefficient (Wildman–Crippen LogP) is 2.70. The molecule has 2 aromatic carbocycles. The molecule has 4 nitrogen and oxygen atoms in total. The standard InChI is InChI=1S/C17H19NO3/c1-20-15-10-8-13(9-11-15)12-18-17(19)16(21-2)14-6-4-3-5-7-14/h3-11,16H,12H2,1-2H3,(H,18,19)/t16-/m1/s1. The Kier molecular flexibility index (Phi) is 5.35. The molecule has 21 heavy (non-hydrogen) atoms. The molecule has 0 spiro atoms. The Morgan fingerprint density at radius 2 is 1.71 bits per heavy atom. The predicted molar refractivity (Wildman–Crippen MR) is 81.0 cm³/mol. The summed E-state index contributed by atoms with van der Waals surface area (Å²) in [4.78, 5) is 12.2. The van der Waals surface area contributed by atoms with E-state index in [0.29, 0.717) is 6.54 Å². The van der Waals surface area contributed by atoms with E-state index in [2.05, 4.69) is 5.32 Å². The first-order chi connectivity index (χ1) is 10.2. The fourth-order valence-corrected chi connectivity index (χ4v) is 2.05. The number of nitrogens with one attached hydrogen (secondary N) is 1. The van der Waals surface area contributed by atoms with Gasteiger partial charge in [-0.3, -0.25) is 4.79 Å². The SMILES string of the molecule is COc1ccc(CNC(=O)[C@H](OC)c2ccccc2)cc1. The maximum absolute atomic E-state index is 12.2. The average Bonchev–Trinajstić information content (AvgIpc) is 2.55. The molecule has 0 aliphatic carbocycles. The minimum Gasteiger partial charge on any atom is -0.497 e. The first-order valence-electron chi connectivity index (χ1n) is 6.73. The van der Waals surface area contributed by atoms with E-state index in [1.807, 2.05) is 54.6 Å². The van der Waals surface area contributed by atoms with Gasteiger partial charge in [-0.1, -0.05) is 42.5 Å². The molecular formula is C17H19NO3. The lowest BCUT2D eigenvalue weighted by atomic mass is 10.1. The third kappa shape index (κ3) is 4.07. The highest BCUT2D eigenvalue weighted by molar-refractivity contribution is 5.82. The van der Waals surface area contributed by atoms with Crippen LogP contribution in [0.3, 0.4) is 0 Å². The van der Waals surface area contributed by atoms with Crippen LogP contribution in [0.2, 0.25) is 0 Å². The van der Waals surface area contributed by atoms with Crippen molar-refractivity contribution in [3.8, 4) is 5.75 Å². The van der Waals surface area contributed by atoms with Crippen LogP contribution >= 0.6 is 0 Å². The minimum atomic E-state index is -0.593. The monoisotopic (exact) mass is 285 g/mol. The Hall–Kier alpha value is -2.33. The van der Waals surface area contributed by atoms with Crippen LogP contribution in [0.5, 0.6) is 5.75 Å². The zero-order valence-corrected chi connectivity index (χ0v) is 12.2. The summed E-state index contributed by atoms with van der Waals surface area (Å²) in [6.07, 6.45) is -0.593. The van der Waals surface area contributed by atoms with Crippen LogP contribution in [0.1, 0.15) is 17.2 Å². The summed E-state index contributed by atoms with van der Waals surface area (Å²) >= 11 is 0. The first kappa shape index (κ1) is 15.1. The molecule has 0 fully saturated rings. The molecule has 0 unspecified atom stereocenters. The topological polar surface area (TPSA) is 47.6 Å². The van der Waals surface area contributed by atoms with E-state index in [-0.39, 0.29) is 5.91 Å². The first-order valence-corrected chi connectivity index (χ1v) is 6.73.